The summed E-state index contributed by atoms with van der Waals surface area (Å²) in [4.78, 5) is 24.3. The van der Waals surface area contributed by atoms with E-state index in [1.54, 1.807) is 0 Å². The first-order chi connectivity index (χ1) is 12.4. The Morgan fingerprint density at radius 1 is 1.04 bits per heavy atom. The molecule has 2 atom stereocenters. The van der Waals surface area contributed by atoms with Crippen LogP contribution in [0.15, 0.2) is 0 Å². The number of ketones is 1. The van der Waals surface area contributed by atoms with E-state index in [-0.39, 0.29) is 31.0 Å². The highest BCUT2D eigenvalue weighted by atomic mass is 32.2. The number of carbonyl (C=O) groups excluding carboxylic acids is 2. The van der Waals surface area contributed by atoms with Gasteiger partial charge in [0, 0.05) is 11.8 Å². The van der Waals surface area contributed by atoms with Crippen molar-refractivity contribution in [2.24, 2.45) is 17.8 Å². The zero-order valence-corrected chi connectivity index (χ0v) is 14.2. The topological polar surface area (TPSA) is 82.1 Å². The molecule has 4 aliphatic carbocycles. The summed E-state index contributed by atoms with van der Waals surface area (Å²) in [5, 5.41) is 10.9. The van der Waals surface area contributed by atoms with Crippen molar-refractivity contribution in [2.75, 3.05) is 0 Å². The lowest BCUT2D eigenvalue weighted by Gasteiger charge is -2.55. The molecule has 0 aromatic rings. The van der Waals surface area contributed by atoms with Gasteiger partial charge in [-0.1, -0.05) is 5.04 Å². The summed E-state index contributed by atoms with van der Waals surface area (Å²) in [7, 11) is 0. The standard InChI is InChI=1S/C14H14F6O6S/c15-13(16,17)12(14(18,19)20,27-26-25-23)10(22)24-11-3-6-1-7(4-11)9(21)8(2-6)5-11/h6-8,23H,1-5H2. The molecule has 0 heterocycles. The third kappa shape index (κ3) is 3.21. The van der Waals surface area contributed by atoms with E-state index in [0.29, 0.717) is 12.8 Å². The smallest absolute Gasteiger partial charge is 0.425 e. The molecule has 4 bridgehead atoms. The fourth-order valence-electron chi connectivity index (χ4n) is 4.66. The minimum atomic E-state index is -6.16. The van der Waals surface area contributed by atoms with E-state index in [9.17, 15) is 35.9 Å². The molecule has 0 aromatic heterocycles. The van der Waals surface area contributed by atoms with Crippen molar-refractivity contribution >= 4 is 23.8 Å². The van der Waals surface area contributed by atoms with Crippen LogP contribution in [0.2, 0.25) is 0 Å². The van der Waals surface area contributed by atoms with Crippen LogP contribution >= 0.6 is 12.0 Å². The molecule has 13 heteroatoms. The lowest BCUT2D eigenvalue weighted by Crippen LogP contribution is -2.64. The molecule has 4 saturated carbocycles. The van der Waals surface area contributed by atoms with Gasteiger partial charge in [-0.25, -0.2) is 10.1 Å². The van der Waals surface area contributed by atoms with E-state index < -0.39 is 52.5 Å². The third-order valence-corrected chi connectivity index (χ3v) is 6.53. The van der Waals surface area contributed by atoms with Gasteiger partial charge in [0.2, 0.25) is 0 Å². The van der Waals surface area contributed by atoms with Gasteiger partial charge in [-0.15, -0.1) is 4.33 Å². The zero-order valence-electron chi connectivity index (χ0n) is 13.4. The summed E-state index contributed by atoms with van der Waals surface area (Å²) >= 11 is -1.44. The minimum Gasteiger partial charge on any atom is -0.457 e. The number of alkyl halides is 6. The Kier molecular flexibility index (Phi) is 4.97. The molecule has 0 spiro atoms. The molecule has 0 aliphatic heterocycles. The summed E-state index contributed by atoms with van der Waals surface area (Å²) in [5.41, 5.74) is -1.55. The molecule has 0 amide bonds. The average molecular weight is 424 g/mol. The first-order valence-corrected chi connectivity index (χ1v) is 8.66. The van der Waals surface area contributed by atoms with Crippen molar-refractivity contribution in [1.82, 2.24) is 0 Å². The van der Waals surface area contributed by atoms with Crippen LogP contribution in [-0.4, -0.2) is 39.7 Å². The van der Waals surface area contributed by atoms with E-state index in [2.05, 4.69) is 9.37 Å². The Morgan fingerprint density at radius 3 is 2.00 bits per heavy atom. The maximum absolute atomic E-state index is 13.4. The Balaban J connectivity index is 1.92. The highest BCUT2D eigenvalue weighted by Gasteiger charge is 2.80. The Hall–Kier alpha value is -1.05. The number of Topliss-reactive ketones (excluding diaryl/α,β-unsaturated/α-hetero) is 1. The molecule has 6 nitrogen and oxygen atoms in total. The van der Waals surface area contributed by atoms with E-state index in [4.69, 9.17) is 9.99 Å². The van der Waals surface area contributed by atoms with Gasteiger partial charge in [0.05, 0.1) is 12.0 Å². The quantitative estimate of drug-likeness (QED) is 0.237. The van der Waals surface area contributed by atoms with Crippen molar-refractivity contribution in [3.8, 4) is 0 Å². The molecule has 4 aliphatic rings. The van der Waals surface area contributed by atoms with Gasteiger partial charge >= 0.3 is 23.1 Å². The highest BCUT2D eigenvalue weighted by Crippen LogP contribution is 2.58. The minimum absolute atomic E-state index is 0.0816. The molecule has 27 heavy (non-hydrogen) atoms. The number of esters is 1. The summed E-state index contributed by atoms with van der Waals surface area (Å²) in [5.74, 6) is -3.84. The first kappa shape index (κ1) is 20.7. The van der Waals surface area contributed by atoms with Crippen LogP contribution in [0.5, 0.6) is 0 Å². The van der Waals surface area contributed by atoms with E-state index >= 15 is 0 Å². The van der Waals surface area contributed by atoms with Crippen LogP contribution in [0, 0.1) is 17.8 Å². The second kappa shape index (κ2) is 6.49. The molecule has 0 saturated heterocycles. The van der Waals surface area contributed by atoms with Crippen LogP contribution in [0.1, 0.15) is 32.1 Å². The molecule has 0 radical (unpaired) electrons. The van der Waals surface area contributed by atoms with Crippen LogP contribution in [0.25, 0.3) is 0 Å². The van der Waals surface area contributed by atoms with Crippen LogP contribution < -0.4 is 0 Å². The maximum atomic E-state index is 13.4. The molecule has 0 aromatic carbocycles. The second-order valence-corrected chi connectivity index (χ2v) is 8.14. The SMILES string of the molecule is O=C1C2CC3CC1CC(OC(=O)C(SOOO)(C(F)(F)F)C(F)(F)F)(C3)C2. The van der Waals surface area contributed by atoms with Gasteiger partial charge in [-0.2, -0.15) is 26.3 Å². The normalized spacial score (nSPS) is 33.4. The number of hydrogen-bond acceptors (Lipinski definition) is 7. The maximum Gasteiger partial charge on any atom is 0.425 e. The third-order valence-electron chi connectivity index (χ3n) is 5.52. The van der Waals surface area contributed by atoms with Crippen molar-refractivity contribution in [3.05, 3.63) is 0 Å². The first-order valence-electron chi connectivity index (χ1n) is 7.92. The molecule has 4 fully saturated rings. The van der Waals surface area contributed by atoms with Gasteiger partial charge in [-0.3, -0.25) is 4.79 Å². The van der Waals surface area contributed by atoms with E-state index in [1.807, 2.05) is 0 Å². The predicted octanol–water partition coefficient (Wildman–Crippen LogP) is 3.61. The lowest BCUT2D eigenvalue weighted by atomic mass is 9.53. The van der Waals surface area contributed by atoms with Crippen molar-refractivity contribution in [3.63, 3.8) is 0 Å². The molecule has 4 rings (SSSR count). The summed E-state index contributed by atoms with van der Waals surface area (Å²) < 4.78 is 83.2. The van der Waals surface area contributed by atoms with Gasteiger partial charge in [0.15, 0.2) is 0 Å². The molecular formula is C14H14F6O6S. The number of carbonyl (C=O) groups is 2. The van der Waals surface area contributed by atoms with E-state index in [1.165, 1.54) is 0 Å². The summed E-state index contributed by atoms with van der Waals surface area (Å²) in [6, 6.07) is 0. The predicted molar refractivity (Wildman–Crippen MR) is 74.6 cm³/mol. The molecule has 1 N–H and O–H groups in total. The van der Waals surface area contributed by atoms with Crippen molar-refractivity contribution in [1.29, 1.82) is 0 Å². The van der Waals surface area contributed by atoms with Gasteiger partial charge < -0.3 is 4.74 Å². The largest absolute Gasteiger partial charge is 0.457 e. The van der Waals surface area contributed by atoms with Gasteiger partial charge in [0.1, 0.15) is 11.4 Å². The fourth-order valence-corrected chi connectivity index (χ4v) is 5.09. The fraction of sp³-hybridized carbons (Fsp3) is 0.857. The van der Waals surface area contributed by atoms with Crippen LogP contribution in [0.3, 0.4) is 0 Å². The molecule has 2 unspecified atom stereocenters. The zero-order chi connectivity index (χ0) is 20.3. The Labute approximate surface area is 152 Å². The van der Waals surface area contributed by atoms with Crippen molar-refractivity contribution < 1.29 is 55.3 Å². The van der Waals surface area contributed by atoms with Crippen LogP contribution in [-0.2, 0) is 23.7 Å². The van der Waals surface area contributed by atoms with E-state index in [0.717, 1.165) is 0 Å². The van der Waals surface area contributed by atoms with Gasteiger partial charge in [0.25, 0.3) is 0 Å². The average Bonchev–Trinajstić information content (AvgIpc) is 2.49. The summed E-state index contributed by atoms with van der Waals surface area (Å²) in [6.45, 7) is 0. The number of rotatable bonds is 5. The van der Waals surface area contributed by atoms with Crippen molar-refractivity contribution in [2.45, 2.75) is 54.8 Å². The molecular weight excluding hydrogens is 410 g/mol. The number of halogens is 6. The lowest BCUT2D eigenvalue weighted by molar-refractivity contribution is -0.434. The monoisotopic (exact) mass is 424 g/mol. The Bertz CT molecular complexity index is 603. The van der Waals surface area contributed by atoms with Gasteiger partial charge in [-0.05, 0) is 38.0 Å². The summed E-state index contributed by atoms with van der Waals surface area (Å²) in [6.07, 6.45) is -11.4. The Morgan fingerprint density at radius 2 is 1.56 bits per heavy atom. The number of hydrogen-bond donors (Lipinski definition) is 1. The number of ether oxygens (including phenoxy) is 1. The highest BCUT2D eigenvalue weighted by molar-refractivity contribution is 7.96. The second-order valence-electron chi connectivity index (χ2n) is 7.22. The van der Waals surface area contributed by atoms with Crippen LogP contribution in [0.4, 0.5) is 26.3 Å². The molecule has 154 valence electrons.